The molecule has 1 aromatic rings. The van der Waals surface area contributed by atoms with Gasteiger partial charge in [-0.2, -0.15) is 5.26 Å². The van der Waals surface area contributed by atoms with Crippen LogP contribution in [0.15, 0.2) is 24.3 Å². The zero-order valence-electron chi connectivity index (χ0n) is 20.2. The van der Waals surface area contributed by atoms with Crippen molar-refractivity contribution in [2.24, 2.45) is 23.7 Å². The molecule has 0 aromatic heterocycles. The van der Waals surface area contributed by atoms with Crippen LogP contribution < -0.4 is 0 Å². The van der Waals surface area contributed by atoms with E-state index >= 15 is 0 Å². The molecule has 0 bridgehead atoms. The highest BCUT2D eigenvalue weighted by atomic mass is 19.1. The molecule has 0 saturated heterocycles. The molecule has 3 heteroatoms. The first-order valence-corrected chi connectivity index (χ1v) is 13.2. The van der Waals surface area contributed by atoms with Crippen molar-refractivity contribution < 1.29 is 8.78 Å². The summed E-state index contributed by atoms with van der Waals surface area (Å²) >= 11 is 0. The van der Waals surface area contributed by atoms with Crippen LogP contribution >= 0.6 is 0 Å². The Morgan fingerprint density at radius 2 is 1.39 bits per heavy atom. The van der Waals surface area contributed by atoms with Gasteiger partial charge in [-0.25, -0.2) is 8.78 Å². The molecule has 0 aliphatic heterocycles. The lowest BCUT2D eigenvalue weighted by atomic mass is 9.75. The minimum Gasteiger partial charge on any atom is -0.205 e. The second-order valence-corrected chi connectivity index (χ2v) is 10.3. The van der Waals surface area contributed by atoms with Crippen LogP contribution in [0.3, 0.4) is 0 Å². The molecule has 33 heavy (non-hydrogen) atoms. The highest BCUT2D eigenvalue weighted by Crippen LogP contribution is 2.38. The first-order valence-electron chi connectivity index (χ1n) is 13.2. The molecule has 178 valence electrons. The predicted octanol–water partition coefficient (Wildman–Crippen LogP) is 8.72. The molecule has 0 unspecified atom stereocenters. The Labute approximate surface area is 199 Å². The molecule has 2 aliphatic carbocycles. The average Bonchev–Trinajstić information content (AvgIpc) is 2.82. The van der Waals surface area contributed by atoms with Crippen LogP contribution in [0.2, 0.25) is 0 Å². The first-order chi connectivity index (χ1) is 16.1. The largest absolute Gasteiger partial charge is 0.205 e. The fourth-order valence-corrected chi connectivity index (χ4v) is 5.69. The van der Waals surface area contributed by atoms with E-state index in [0.29, 0.717) is 5.92 Å². The number of hydrogen-bond donors (Lipinski definition) is 0. The minimum absolute atomic E-state index is 0.257. The summed E-state index contributed by atoms with van der Waals surface area (Å²) in [5.41, 5.74) is -0.296. The lowest BCUT2D eigenvalue weighted by Gasteiger charge is -2.31. The van der Waals surface area contributed by atoms with Gasteiger partial charge in [0.25, 0.3) is 0 Å². The van der Waals surface area contributed by atoms with Crippen LogP contribution in [0.5, 0.6) is 0 Å². The van der Waals surface area contributed by atoms with Crippen molar-refractivity contribution in [3.05, 3.63) is 47.0 Å². The van der Waals surface area contributed by atoms with Crippen molar-refractivity contribution in [2.75, 3.05) is 0 Å². The lowest BCUT2D eigenvalue weighted by Crippen LogP contribution is -2.17. The fraction of sp³-hybridized carbons (Fsp3) is 0.633. The van der Waals surface area contributed by atoms with Gasteiger partial charge in [-0.05, 0) is 67.6 Å². The topological polar surface area (TPSA) is 23.8 Å². The van der Waals surface area contributed by atoms with Crippen molar-refractivity contribution in [1.29, 1.82) is 5.26 Å². The van der Waals surface area contributed by atoms with Gasteiger partial charge in [0.2, 0.25) is 0 Å². The Kier molecular flexibility index (Phi) is 10.5. The van der Waals surface area contributed by atoms with E-state index in [1.54, 1.807) is 0 Å². The molecule has 2 saturated carbocycles. The Balaban J connectivity index is 1.33. The molecule has 0 heterocycles. The van der Waals surface area contributed by atoms with Crippen LogP contribution in [-0.4, -0.2) is 0 Å². The summed E-state index contributed by atoms with van der Waals surface area (Å²) in [5, 5.41) is 8.73. The van der Waals surface area contributed by atoms with Crippen LogP contribution in [0, 0.1) is 58.5 Å². The standard InChI is InChI=1S/C30H39F2N/c1-2-3-4-7-23-10-14-25(15-11-23)18-19-26-16-12-24(13-17-26)8-5-6-9-27-20-29(31)28(22-33)30(32)21-27/h5,8,20-21,23-26H,2-4,7,10-19H2,1H3. The SMILES string of the molecule is CCCCCC1CCC(CCC2CCC(C=CC#Cc3cc(F)c(C#N)c(F)c3)CC2)CC1. The van der Waals surface area contributed by atoms with Crippen LogP contribution in [0.1, 0.15) is 108 Å². The Bertz CT molecular complexity index is 846. The van der Waals surface area contributed by atoms with E-state index in [1.807, 2.05) is 6.08 Å². The molecule has 1 nitrogen and oxygen atoms in total. The van der Waals surface area contributed by atoms with E-state index in [4.69, 9.17) is 5.26 Å². The first kappa shape index (κ1) is 25.5. The van der Waals surface area contributed by atoms with Gasteiger partial charge in [0.15, 0.2) is 0 Å². The summed E-state index contributed by atoms with van der Waals surface area (Å²) in [6.45, 7) is 2.29. The maximum absolute atomic E-state index is 13.7. The van der Waals surface area contributed by atoms with Gasteiger partial charge in [0, 0.05) is 5.56 Å². The third-order valence-corrected chi connectivity index (χ3v) is 7.88. The molecule has 0 atom stereocenters. The van der Waals surface area contributed by atoms with Gasteiger partial charge < -0.3 is 0 Å². The molecule has 3 rings (SSSR count). The van der Waals surface area contributed by atoms with Crippen molar-refractivity contribution in [2.45, 2.75) is 96.8 Å². The van der Waals surface area contributed by atoms with Crippen LogP contribution in [0.4, 0.5) is 8.78 Å². The number of halogens is 2. The normalized spacial score (nSPS) is 25.4. The predicted molar refractivity (Wildman–Crippen MR) is 131 cm³/mol. The lowest BCUT2D eigenvalue weighted by molar-refractivity contribution is 0.219. The summed E-state index contributed by atoms with van der Waals surface area (Å²) in [6, 6.07) is 3.77. The third-order valence-electron chi connectivity index (χ3n) is 7.88. The van der Waals surface area contributed by atoms with E-state index in [2.05, 4.69) is 24.8 Å². The zero-order chi connectivity index (χ0) is 23.5. The summed E-state index contributed by atoms with van der Waals surface area (Å²) in [5.74, 6) is 7.37. The van der Waals surface area contributed by atoms with Crippen LogP contribution in [0.25, 0.3) is 0 Å². The van der Waals surface area contributed by atoms with Crippen LogP contribution in [-0.2, 0) is 0 Å². The smallest absolute Gasteiger partial charge is 0.145 e. The van der Waals surface area contributed by atoms with E-state index in [-0.39, 0.29) is 5.56 Å². The number of allylic oxidation sites excluding steroid dienone is 2. The van der Waals surface area contributed by atoms with Gasteiger partial charge in [-0.3, -0.25) is 0 Å². The summed E-state index contributed by atoms with van der Waals surface area (Å²) in [4.78, 5) is 0. The zero-order valence-corrected chi connectivity index (χ0v) is 20.2. The molecule has 2 fully saturated rings. The van der Waals surface area contributed by atoms with Crippen molar-refractivity contribution in [3.63, 3.8) is 0 Å². The molecule has 1 aromatic carbocycles. The second-order valence-electron chi connectivity index (χ2n) is 10.3. The van der Waals surface area contributed by atoms with Crippen molar-refractivity contribution in [1.82, 2.24) is 0 Å². The van der Waals surface area contributed by atoms with Gasteiger partial charge in [-0.15, -0.1) is 0 Å². The maximum Gasteiger partial charge on any atom is 0.145 e. The summed E-state index contributed by atoms with van der Waals surface area (Å²) < 4.78 is 27.3. The van der Waals surface area contributed by atoms with Gasteiger partial charge in [0.1, 0.15) is 23.3 Å². The monoisotopic (exact) mass is 451 g/mol. The Hall–Kier alpha value is -2.13. The third kappa shape index (κ3) is 8.30. The molecule has 0 amide bonds. The fourth-order valence-electron chi connectivity index (χ4n) is 5.69. The number of nitrogens with zero attached hydrogens (tertiary/aromatic N) is 1. The molecular weight excluding hydrogens is 412 g/mol. The number of rotatable bonds is 8. The van der Waals surface area contributed by atoms with E-state index in [9.17, 15) is 8.78 Å². The maximum atomic E-state index is 13.7. The number of unbranched alkanes of at least 4 members (excludes halogenated alkanes) is 2. The Morgan fingerprint density at radius 3 is 1.94 bits per heavy atom. The molecule has 2 aliphatic rings. The molecule has 0 radical (unpaired) electrons. The molecule has 0 spiro atoms. The quantitative estimate of drug-likeness (QED) is 0.286. The van der Waals surface area contributed by atoms with Gasteiger partial charge in [0.05, 0.1) is 0 Å². The Morgan fingerprint density at radius 1 is 0.848 bits per heavy atom. The number of benzene rings is 1. The number of hydrogen-bond acceptors (Lipinski definition) is 1. The average molecular weight is 452 g/mol. The van der Waals surface area contributed by atoms with Crippen molar-refractivity contribution >= 4 is 0 Å². The van der Waals surface area contributed by atoms with Crippen molar-refractivity contribution in [3.8, 4) is 17.9 Å². The van der Waals surface area contributed by atoms with E-state index < -0.39 is 17.2 Å². The van der Waals surface area contributed by atoms with E-state index in [1.165, 1.54) is 96.0 Å². The summed E-state index contributed by atoms with van der Waals surface area (Å²) in [7, 11) is 0. The highest BCUT2D eigenvalue weighted by molar-refractivity contribution is 5.43. The van der Waals surface area contributed by atoms with E-state index in [0.717, 1.165) is 29.9 Å². The summed E-state index contributed by atoms with van der Waals surface area (Å²) in [6.07, 6.45) is 23.3. The van der Waals surface area contributed by atoms with Gasteiger partial charge >= 0.3 is 0 Å². The second kappa shape index (κ2) is 13.5. The minimum atomic E-state index is -0.857. The molecule has 0 N–H and O–H groups in total. The highest BCUT2D eigenvalue weighted by Gasteiger charge is 2.24. The van der Waals surface area contributed by atoms with Gasteiger partial charge in [-0.1, -0.05) is 89.0 Å². The molecular formula is C30H39F2N. The number of nitriles is 1.